The summed E-state index contributed by atoms with van der Waals surface area (Å²) in [6.07, 6.45) is 0. The minimum atomic E-state index is -1.75. The fourth-order valence-electron chi connectivity index (χ4n) is 0.0873. The smallest absolute Gasteiger partial charge is 0.545 e. The van der Waals surface area contributed by atoms with Gasteiger partial charge in [0, 0.05) is 0 Å². The van der Waals surface area contributed by atoms with Crippen LogP contribution in [-0.4, -0.2) is 17.0 Å². The Morgan fingerprint density at radius 1 is 1.44 bits per heavy atom. The standard InChI is InChI=1S/C4H4O4.K/c1-2(3(5)6)4(7)8;/h1H2,(H,5,6)(H,7,8);/q;+1/p-1. The number of aliphatic carboxylic acids is 2. The van der Waals surface area contributed by atoms with Crippen molar-refractivity contribution in [2.75, 3.05) is 0 Å². The van der Waals surface area contributed by atoms with E-state index in [4.69, 9.17) is 5.11 Å². The molecule has 0 unspecified atom stereocenters. The van der Waals surface area contributed by atoms with Crippen molar-refractivity contribution in [2.24, 2.45) is 0 Å². The number of hydrogen-bond acceptors (Lipinski definition) is 3. The van der Waals surface area contributed by atoms with E-state index in [1.54, 1.807) is 0 Å². The van der Waals surface area contributed by atoms with Crippen LogP contribution in [-0.2, 0) is 9.59 Å². The summed E-state index contributed by atoms with van der Waals surface area (Å²) in [4.78, 5) is 19.2. The maximum atomic E-state index is 9.62. The first kappa shape index (κ1) is 12.0. The van der Waals surface area contributed by atoms with Crippen LogP contribution in [0, 0.1) is 0 Å². The first-order valence-corrected chi connectivity index (χ1v) is 1.69. The number of rotatable bonds is 2. The zero-order valence-electron chi connectivity index (χ0n) is 4.88. The van der Waals surface area contributed by atoms with Gasteiger partial charge < -0.3 is 15.0 Å². The van der Waals surface area contributed by atoms with Gasteiger partial charge in [-0.15, -0.1) is 0 Å². The second-order valence-corrected chi connectivity index (χ2v) is 1.07. The number of hydrogen-bond donors (Lipinski definition) is 1. The SMILES string of the molecule is C=C(C(=O)[O-])C(=O)O.[K+]. The molecule has 5 heteroatoms. The van der Waals surface area contributed by atoms with Crippen LogP contribution in [0.25, 0.3) is 0 Å². The summed E-state index contributed by atoms with van der Waals surface area (Å²) in [7, 11) is 0. The number of carboxylic acids is 2. The van der Waals surface area contributed by atoms with Gasteiger partial charge in [0.25, 0.3) is 0 Å². The molecule has 0 aliphatic rings. The van der Waals surface area contributed by atoms with Crippen molar-refractivity contribution < 1.29 is 71.2 Å². The molecule has 1 N–H and O–H groups in total. The third-order valence-electron chi connectivity index (χ3n) is 0.505. The largest absolute Gasteiger partial charge is 1.00 e. The summed E-state index contributed by atoms with van der Waals surface area (Å²) >= 11 is 0. The van der Waals surface area contributed by atoms with Crippen LogP contribution in [0.3, 0.4) is 0 Å². The van der Waals surface area contributed by atoms with E-state index >= 15 is 0 Å². The third kappa shape index (κ3) is 4.80. The summed E-state index contributed by atoms with van der Waals surface area (Å²) in [5.41, 5.74) is -0.926. The zero-order valence-corrected chi connectivity index (χ0v) is 8.00. The molecular formula is C4H3KO4. The molecular weight excluding hydrogens is 151 g/mol. The van der Waals surface area contributed by atoms with Gasteiger partial charge in [-0.25, -0.2) is 4.79 Å². The fourth-order valence-corrected chi connectivity index (χ4v) is 0.0873. The van der Waals surface area contributed by atoms with Crippen molar-refractivity contribution in [3.05, 3.63) is 12.2 Å². The van der Waals surface area contributed by atoms with Crippen molar-refractivity contribution in [3.63, 3.8) is 0 Å². The van der Waals surface area contributed by atoms with Crippen LogP contribution >= 0.6 is 0 Å². The molecule has 0 aromatic carbocycles. The van der Waals surface area contributed by atoms with Crippen LogP contribution in [0.1, 0.15) is 0 Å². The summed E-state index contributed by atoms with van der Waals surface area (Å²) < 4.78 is 0. The maximum Gasteiger partial charge on any atom is 1.00 e. The summed E-state index contributed by atoms with van der Waals surface area (Å²) in [6, 6.07) is 0. The molecule has 0 aromatic heterocycles. The van der Waals surface area contributed by atoms with Gasteiger partial charge in [-0.2, -0.15) is 0 Å². The molecule has 0 saturated carbocycles. The Balaban J connectivity index is 0. The quantitative estimate of drug-likeness (QED) is 0.188. The van der Waals surface area contributed by atoms with Gasteiger partial charge >= 0.3 is 57.4 Å². The predicted octanol–water partition coefficient (Wildman–Crippen LogP) is -4.62. The van der Waals surface area contributed by atoms with E-state index in [-0.39, 0.29) is 51.4 Å². The molecule has 0 saturated heterocycles. The van der Waals surface area contributed by atoms with Crippen molar-refractivity contribution in [1.29, 1.82) is 0 Å². The predicted molar refractivity (Wildman–Crippen MR) is 21.8 cm³/mol. The molecule has 0 spiro atoms. The van der Waals surface area contributed by atoms with E-state index < -0.39 is 17.5 Å². The molecule has 0 aliphatic heterocycles. The number of carboxylic acid groups (broad SMARTS) is 2. The van der Waals surface area contributed by atoms with Crippen LogP contribution in [0.15, 0.2) is 12.2 Å². The van der Waals surface area contributed by atoms with E-state index in [9.17, 15) is 14.7 Å². The fraction of sp³-hybridized carbons (Fsp3) is 0. The third-order valence-corrected chi connectivity index (χ3v) is 0.505. The van der Waals surface area contributed by atoms with Gasteiger partial charge in [0.15, 0.2) is 0 Å². The summed E-state index contributed by atoms with van der Waals surface area (Å²) in [6.45, 7) is 2.69. The molecule has 0 rings (SSSR count). The van der Waals surface area contributed by atoms with Gasteiger partial charge in [0.05, 0.1) is 11.5 Å². The van der Waals surface area contributed by atoms with Crippen LogP contribution < -0.4 is 56.5 Å². The van der Waals surface area contributed by atoms with E-state index in [1.807, 2.05) is 0 Å². The second kappa shape index (κ2) is 5.13. The van der Waals surface area contributed by atoms with E-state index in [0.29, 0.717) is 0 Å². The van der Waals surface area contributed by atoms with Gasteiger partial charge in [-0.05, 0) is 0 Å². The molecule has 0 aliphatic carbocycles. The minimum Gasteiger partial charge on any atom is -0.545 e. The normalized spacial score (nSPS) is 7.11. The van der Waals surface area contributed by atoms with Crippen LogP contribution in [0.2, 0.25) is 0 Å². The number of carbonyl (C=O) groups excluding carboxylic acids is 1. The van der Waals surface area contributed by atoms with Gasteiger partial charge in [0.1, 0.15) is 0 Å². The Morgan fingerprint density at radius 3 is 1.78 bits per heavy atom. The molecule has 4 nitrogen and oxygen atoms in total. The average Bonchev–Trinajstić information content (AvgIpc) is 1.64. The molecule has 0 heterocycles. The van der Waals surface area contributed by atoms with E-state index in [0.717, 1.165) is 0 Å². The first-order valence-electron chi connectivity index (χ1n) is 1.69. The van der Waals surface area contributed by atoms with Gasteiger partial charge in [0.2, 0.25) is 0 Å². The molecule has 0 atom stereocenters. The number of carbonyl (C=O) groups is 2. The minimum absolute atomic E-state index is 0. The Labute approximate surface area is 94.0 Å². The molecule has 0 aromatic rings. The molecule has 0 radical (unpaired) electrons. The summed E-state index contributed by atoms with van der Waals surface area (Å²) in [5, 5.41) is 17.4. The van der Waals surface area contributed by atoms with E-state index in [1.165, 1.54) is 0 Å². The van der Waals surface area contributed by atoms with Crippen molar-refractivity contribution >= 4 is 11.9 Å². The molecule has 0 bridgehead atoms. The van der Waals surface area contributed by atoms with Crippen LogP contribution in [0.5, 0.6) is 0 Å². The summed E-state index contributed by atoms with van der Waals surface area (Å²) in [5.74, 6) is -3.32. The second-order valence-electron chi connectivity index (χ2n) is 1.07. The molecule has 0 fully saturated rings. The van der Waals surface area contributed by atoms with E-state index in [2.05, 4.69) is 6.58 Å². The Morgan fingerprint density at radius 2 is 1.78 bits per heavy atom. The van der Waals surface area contributed by atoms with Gasteiger partial charge in [-0.3, -0.25) is 0 Å². The van der Waals surface area contributed by atoms with Crippen molar-refractivity contribution in [1.82, 2.24) is 0 Å². The molecule has 0 amide bonds. The molecule has 9 heavy (non-hydrogen) atoms. The van der Waals surface area contributed by atoms with Crippen LogP contribution in [0.4, 0.5) is 0 Å². The topological polar surface area (TPSA) is 77.4 Å². The average molecular weight is 154 g/mol. The Bertz CT molecular complexity index is 135. The Kier molecular flexibility index (Phi) is 6.86. The molecule has 44 valence electrons. The maximum absolute atomic E-state index is 9.62. The Hall–Kier alpha value is 0.316. The van der Waals surface area contributed by atoms with Crippen molar-refractivity contribution in [2.45, 2.75) is 0 Å². The van der Waals surface area contributed by atoms with Crippen molar-refractivity contribution in [3.8, 4) is 0 Å². The zero-order chi connectivity index (χ0) is 6.73. The first-order chi connectivity index (χ1) is 3.55. The van der Waals surface area contributed by atoms with Gasteiger partial charge in [-0.1, -0.05) is 6.58 Å². The monoisotopic (exact) mass is 154 g/mol.